The summed E-state index contributed by atoms with van der Waals surface area (Å²) in [6, 6.07) is 17.1. The lowest BCUT2D eigenvalue weighted by Crippen LogP contribution is -2.32. The molecule has 0 aliphatic carbocycles. The van der Waals surface area contributed by atoms with E-state index in [9.17, 15) is 14.4 Å². The molecule has 8 nitrogen and oxygen atoms in total. The second-order valence-corrected chi connectivity index (χ2v) is 7.35. The minimum atomic E-state index is -0.774. The number of benzene rings is 2. The van der Waals surface area contributed by atoms with Crippen LogP contribution in [0.25, 0.3) is 11.5 Å². The molecule has 2 aromatic carbocycles. The van der Waals surface area contributed by atoms with E-state index in [2.05, 4.69) is 36.4 Å². The molecule has 1 amide bonds. The van der Waals surface area contributed by atoms with E-state index in [1.165, 1.54) is 5.56 Å². The zero-order valence-electron chi connectivity index (χ0n) is 17.5. The number of hydrogen-bond donors (Lipinski definition) is 1. The first-order valence-corrected chi connectivity index (χ1v) is 10.1. The number of nitrogens with one attached hydrogen (secondary N) is 1. The van der Waals surface area contributed by atoms with Gasteiger partial charge in [-0.2, -0.15) is 4.68 Å². The van der Waals surface area contributed by atoms with Crippen LogP contribution in [-0.4, -0.2) is 34.8 Å². The molecule has 0 spiro atoms. The maximum atomic E-state index is 12.0. The summed E-state index contributed by atoms with van der Waals surface area (Å²) in [5.74, 6) is -1.36. The van der Waals surface area contributed by atoms with Crippen molar-refractivity contribution in [1.82, 2.24) is 15.1 Å². The fourth-order valence-corrected chi connectivity index (χ4v) is 2.88. The van der Waals surface area contributed by atoms with Gasteiger partial charge in [-0.15, -0.1) is 5.10 Å². The number of hydrogen-bond acceptors (Lipinski definition) is 6. The van der Waals surface area contributed by atoms with E-state index in [-0.39, 0.29) is 5.89 Å². The van der Waals surface area contributed by atoms with Crippen molar-refractivity contribution in [2.45, 2.75) is 32.7 Å². The number of ether oxygens (including phenoxy) is 1. The number of amides is 1. The molecule has 0 bridgehead atoms. The summed E-state index contributed by atoms with van der Waals surface area (Å²) in [5.41, 5.74) is 2.99. The van der Waals surface area contributed by atoms with Gasteiger partial charge in [0.05, 0.1) is 0 Å². The molecule has 3 aromatic rings. The van der Waals surface area contributed by atoms with Crippen molar-refractivity contribution in [3.63, 3.8) is 0 Å². The van der Waals surface area contributed by atoms with Gasteiger partial charge >= 0.3 is 11.7 Å². The average Bonchev–Trinajstić information content (AvgIpc) is 3.13. The maximum Gasteiger partial charge on any atom is 0.437 e. The van der Waals surface area contributed by atoms with Gasteiger partial charge in [-0.3, -0.25) is 9.59 Å². The average molecular weight is 423 g/mol. The molecule has 1 aromatic heterocycles. The molecular weight excluding hydrogens is 398 g/mol. The van der Waals surface area contributed by atoms with E-state index in [4.69, 9.17) is 9.15 Å². The molecule has 0 radical (unpaired) electrons. The summed E-state index contributed by atoms with van der Waals surface area (Å²) in [4.78, 5) is 35.7. The Bertz CT molecular complexity index is 1070. The van der Waals surface area contributed by atoms with Crippen LogP contribution in [0.1, 0.15) is 30.9 Å². The Morgan fingerprint density at radius 1 is 1.10 bits per heavy atom. The smallest absolute Gasteiger partial charge is 0.437 e. The molecule has 0 aliphatic heterocycles. The van der Waals surface area contributed by atoms with E-state index < -0.39 is 30.8 Å². The van der Waals surface area contributed by atoms with Gasteiger partial charge in [0, 0.05) is 12.1 Å². The first-order valence-electron chi connectivity index (χ1n) is 10.1. The highest BCUT2D eigenvalue weighted by atomic mass is 16.5. The molecule has 0 saturated heterocycles. The highest BCUT2D eigenvalue weighted by Gasteiger charge is 2.15. The van der Waals surface area contributed by atoms with E-state index in [1.807, 2.05) is 18.2 Å². The minimum Gasteiger partial charge on any atom is -0.454 e. The number of aromatic nitrogens is 2. The lowest BCUT2D eigenvalue weighted by molar-refractivity contribution is -0.149. The van der Waals surface area contributed by atoms with Crippen molar-refractivity contribution >= 4 is 11.9 Å². The molecule has 3 rings (SSSR count). The molecular formula is C23H25N3O5. The molecule has 0 unspecified atom stereocenters. The Balaban J connectivity index is 1.41. The fraction of sp³-hybridized carbons (Fsp3) is 0.304. The van der Waals surface area contributed by atoms with E-state index in [0.717, 1.165) is 10.2 Å². The van der Waals surface area contributed by atoms with Gasteiger partial charge in [-0.05, 0) is 35.6 Å². The normalized spacial score (nSPS) is 10.8. The number of carbonyl (C=O) groups excluding carboxylic acids is 2. The van der Waals surface area contributed by atoms with Crippen molar-refractivity contribution < 1.29 is 18.7 Å². The molecule has 1 heterocycles. The van der Waals surface area contributed by atoms with E-state index >= 15 is 0 Å². The summed E-state index contributed by atoms with van der Waals surface area (Å²) < 4.78 is 10.8. The third kappa shape index (κ3) is 6.40. The van der Waals surface area contributed by atoms with Gasteiger partial charge in [0.15, 0.2) is 6.61 Å². The maximum absolute atomic E-state index is 12.0. The van der Waals surface area contributed by atoms with Crippen LogP contribution in [0.4, 0.5) is 0 Å². The first-order chi connectivity index (χ1) is 14.9. The molecule has 1 N–H and O–H groups in total. The lowest BCUT2D eigenvalue weighted by Gasteiger charge is -2.08. The van der Waals surface area contributed by atoms with Crippen LogP contribution >= 0.6 is 0 Å². The monoisotopic (exact) mass is 423 g/mol. The Morgan fingerprint density at radius 2 is 1.81 bits per heavy atom. The minimum absolute atomic E-state index is 0.109. The molecule has 8 heteroatoms. The number of esters is 1. The third-order valence-corrected chi connectivity index (χ3v) is 4.65. The lowest BCUT2D eigenvalue weighted by atomic mass is 10.0. The number of carbonyl (C=O) groups is 2. The Labute approximate surface area is 179 Å². The topological polar surface area (TPSA) is 103 Å². The van der Waals surface area contributed by atoms with Gasteiger partial charge in [0.25, 0.3) is 5.91 Å². The summed E-state index contributed by atoms with van der Waals surface area (Å²) in [6.07, 6.45) is 0.675. The van der Waals surface area contributed by atoms with Crippen LogP contribution in [0.3, 0.4) is 0 Å². The Kier molecular flexibility index (Phi) is 7.37. The number of nitrogens with zero attached hydrogens (tertiary/aromatic N) is 2. The van der Waals surface area contributed by atoms with Crippen LogP contribution in [0, 0.1) is 0 Å². The summed E-state index contributed by atoms with van der Waals surface area (Å²) in [7, 11) is 0. The summed E-state index contributed by atoms with van der Waals surface area (Å²) in [6.45, 7) is 3.84. The SMILES string of the molecule is CC(C)c1ccc(CCNC(=O)COC(=O)Cn2nc(-c3ccccc3)oc2=O)cc1. The predicted octanol–water partition coefficient (Wildman–Crippen LogP) is 2.53. The van der Waals surface area contributed by atoms with Gasteiger partial charge in [0.2, 0.25) is 5.89 Å². The van der Waals surface area contributed by atoms with E-state index in [0.29, 0.717) is 24.4 Å². The molecule has 0 saturated carbocycles. The van der Waals surface area contributed by atoms with Crippen LogP contribution in [0.15, 0.2) is 63.8 Å². The van der Waals surface area contributed by atoms with Crippen molar-refractivity contribution in [3.8, 4) is 11.5 Å². The molecule has 0 atom stereocenters. The van der Waals surface area contributed by atoms with Gasteiger partial charge in [0.1, 0.15) is 6.54 Å². The number of rotatable bonds is 9. The highest BCUT2D eigenvalue weighted by molar-refractivity contribution is 5.80. The van der Waals surface area contributed by atoms with Crippen molar-refractivity contribution in [1.29, 1.82) is 0 Å². The summed E-state index contributed by atoms with van der Waals surface area (Å²) in [5, 5.41) is 6.69. The molecule has 0 fully saturated rings. The second kappa shape index (κ2) is 10.4. The fourth-order valence-electron chi connectivity index (χ4n) is 2.88. The molecule has 31 heavy (non-hydrogen) atoms. The van der Waals surface area contributed by atoms with Gasteiger partial charge < -0.3 is 14.5 Å². The molecule has 162 valence electrons. The van der Waals surface area contributed by atoms with Crippen molar-refractivity contribution in [2.24, 2.45) is 0 Å². The quantitative estimate of drug-likeness (QED) is 0.531. The van der Waals surface area contributed by atoms with Gasteiger partial charge in [-0.25, -0.2) is 4.79 Å². The van der Waals surface area contributed by atoms with Crippen LogP contribution < -0.4 is 11.1 Å². The standard InChI is InChI=1S/C23H25N3O5/c1-16(2)18-10-8-17(9-11-18)12-13-24-20(27)15-30-21(28)14-26-23(29)31-22(25-26)19-6-4-3-5-7-19/h3-11,16H,12-15H2,1-2H3,(H,24,27). The van der Waals surface area contributed by atoms with Crippen LogP contribution in [0.5, 0.6) is 0 Å². The van der Waals surface area contributed by atoms with E-state index in [1.54, 1.807) is 24.3 Å². The van der Waals surface area contributed by atoms with Crippen LogP contribution in [-0.2, 0) is 27.3 Å². The summed E-state index contributed by atoms with van der Waals surface area (Å²) >= 11 is 0. The predicted molar refractivity (Wildman–Crippen MR) is 114 cm³/mol. The zero-order chi connectivity index (χ0) is 22.2. The third-order valence-electron chi connectivity index (χ3n) is 4.65. The highest BCUT2D eigenvalue weighted by Crippen LogP contribution is 2.15. The second-order valence-electron chi connectivity index (χ2n) is 7.35. The Hall–Kier alpha value is -3.68. The first kappa shape index (κ1) is 22.0. The Morgan fingerprint density at radius 3 is 2.48 bits per heavy atom. The van der Waals surface area contributed by atoms with Crippen LogP contribution in [0.2, 0.25) is 0 Å². The zero-order valence-corrected chi connectivity index (χ0v) is 17.5. The largest absolute Gasteiger partial charge is 0.454 e. The van der Waals surface area contributed by atoms with Gasteiger partial charge in [-0.1, -0.05) is 56.3 Å². The van der Waals surface area contributed by atoms with Crippen molar-refractivity contribution in [2.75, 3.05) is 13.2 Å². The van der Waals surface area contributed by atoms with Crippen molar-refractivity contribution in [3.05, 3.63) is 76.3 Å². The molecule has 0 aliphatic rings.